The van der Waals surface area contributed by atoms with Crippen LogP contribution in [0.2, 0.25) is 0 Å². The third kappa shape index (κ3) is 3.51. The fourth-order valence-electron chi connectivity index (χ4n) is 1.50. The minimum atomic E-state index is -0.597. The molecular weight excluding hydrogens is 202 g/mol. The van der Waals surface area contributed by atoms with Crippen LogP contribution in [0.4, 0.5) is 0 Å². The number of aryl methyl sites for hydroxylation is 1. The van der Waals surface area contributed by atoms with Crippen molar-refractivity contribution >= 4 is 0 Å². The Bertz CT molecular complexity index is 337. The van der Waals surface area contributed by atoms with Crippen molar-refractivity contribution in [2.45, 2.75) is 32.8 Å². The quantitative estimate of drug-likeness (QED) is 0.800. The maximum Gasteiger partial charge on any atom is 0.123 e. The summed E-state index contributed by atoms with van der Waals surface area (Å²) in [6.45, 7) is 6.74. The number of rotatable bonds is 5. The molecule has 1 aromatic carbocycles. The monoisotopic (exact) mass is 223 g/mol. The van der Waals surface area contributed by atoms with Crippen LogP contribution in [0.15, 0.2) is 18.2 Å². The van der Waals surface area contributed by atoms with Gasteiger partial charge in [-0.05, 0) is 30.0 Å². The predicted octanol–water partition coefficient (Wildman–Crippen LogP) is 1.82. The summed E-state index contributed by atoms with van der Waals surface area (Å²) >= 11 is 0. The molecule has 1 rings (SSSR count). The van der Waals surface area contributed by atoms with Crippen LogP contribution in [0.25, 0.3) is 0 Å². The highest BCUT2D eigenvalue weighted by Gasteiger charge is 2.09. The van der Waals surface area contributed by atoms with Gasteiger partial charge in [-0.1, -0.05) is 26.0 Å². The van der Waals surface area contributed by atoms with Gasteiger partial charge in [0.1, 0.15) is 18.5 Å². The average Bonchev–Trinajstić information content (AvgIpc) is 2.25. The van der Waals surface area contributed by atoms with Gasteiger partial charge in [0, 0.05) is 6.54 Å². The van der Waals surface area contributed by atoms with E-state index >= 15 is 0 Å². The molecule has 0 amide bonds. The number of hydrogen-bond donors (Lipinski definition) is 2. The number of benzene rings is 1. The average molecular weight is 223 g/mol. The molecule has 0 bridgehead atoms. The number of aliphatic hydroxyl groups excluding tert-OH is 1. The highest BCUT2D eigenvalue weighted by molar-refractivity contribution is 5.39. The van der Waals surface area contributed by atoms with Crippen molar-refractivity contribution in [1.82, 2.24) is 0 Å². The van der Waals surface area contributed by atoms with E-state index in [1.165, 1.54) is 0 Å². The molecular formula is C13H21NO2. The highest BCUT2D eigenvalue weighted by atomic mass is 16.5. The van der Waals surface area contributed by atoms with Crippen LogP contribution in [0, 0.1) is 6.92 Å². The van der Waals surface area contributed by atoms with E-state index in [0.29, 0.717) is 5.92 Å². The largest absolute Gasteiger partial charge is 0.491 e. The standard InChI is InChI=1S/C13H21NO2/c1-9(2)12-5-4-10(3)6-13(12)16-8-11(15)7-14/h4-6,9,11,15H,7-8,14H2,1-3H3. The molecule has 0 aliphatic carbocycles. The molecule has 1 atom stereocenters. The first kappa shape index (κ1) is 13.0. The Morgan fingerprint density at radius 2 is 2.06 bits per heavy atom. The Hall–Kier alpha value is -1.06. The molecule has 0 heterocycles. The summed E-state index contributed by atoms with van der Waals surface area (Å²) in [5.74, 6) is 1.26. The lowest BCUT2D eigenvalue weighted by Gasteiger charge is -2.16. The molecule has 0 saturated carbocycles. The van der Waals surface area contributed by atoms with Gasteiger partial charge in [0.05, 0.1) is 0 Å². The molecule has 16 heavy (non-hydrogen) atoms. The van der Waals surface area contributed by atoms with Gasteiger partial charge in [-0.2, -0.15) is 0 Å². The molecule has 0 saturated heterocycles. The van der Waals surface area contributed by atoms with Gasteiger partial charge in [-0.3, -0.25) is 0 Å². The van der Waals surface area contributed by atoms with Crippen LogP contribution in [0.5, 0.6) is 5.75 Å². The molecule has 0 aliphatic rings. The predicted molar refractivity (Wildman–Crippen MR) is 65.8 cm³/mol. The van der Waals surface area contributed by atoms with Crippen molar-refractivity contribution in [3.8, 4) is 5.75 Å². The zero-order chi connectivity index (χ0) is 12.1. The minimum absolute atomic E-state index is 0.225. The van der Waals surface area contributed by atoms with Gasteiger partial charge in [0.15, 0.2) is 0 Å². The second-order valence-electron chi connectivity index (χ2n) is 4.40. The lowest BCUT2D eigenvalue weighted by atomic mass is 10.0. The number of ether oxygens (including phenoxy) is 1. The van der Waals surface area contributed by atoms with Gasteiger partial charge >= 0.3 is 0 Å². The molecule has 0 radical (unpaired) electrons. The Kier molecular flexibility index (Phi) is 4.77. The van der Waals surface area contributed by atoms with Gasteiger partial charge < -0.3 is 15.6 Å². The van der Waals surface area contributed by atoms with E-state index in [-0.39, 0.29) is 13.2 Å². The van der Waals surface area contributed by atoms with Crippen molar-refractivity contribution in [2.75, 3.05) is 13.2 Å². The third-order valence-corrected chi connectivity index (χ3v) is 2.49. The van der Waals surface area contributed by atoms with Crippen molar-refractivity contribution in [3.05, 3.63) is 29.3 Å². The second kappa shape index (κ2) is 5.87. The van der Waals surface area contributed by atoms with E-state index in [0.717, 1.165) is 16.9 Å². The van der Waals surface area contributed by atoms with Crippen LogP contribution in [-0.2, 0) is 0 Å². The molecule has 0 spiro atoms. The first-order valence-corrected chi connectivity index (χ1v) is 5.66. The first-order valence-electron chi connectivity index (χ1n) is 5.66. The summed E-state index contributed by atoms with van der Waals surface area (Å²) < 4.78 is 5.60. The third-order valence-electron chi connectivity index (χ3n) is 2.49. The highest BCUT2D eigenvalue weighted by Crippen LogP contribution is 2.27. The topological polar surface area (TPSA) is 55.5 Å². The SMILES string of the molecule is Cc1ccc(C(C)C)c(OCC(O)CN)c1. The van der Waals surface area contributed by atoms with Gasteiger partial charge in [-0.25, -0.2) is 0 Å². The van der Waals surface area contributed by atoms with E-state index in [1.54, 1.807) is 0 Å². The maximum atomic E-state index is 9.37. The maximum absolute atomic E-state index is 9.37. The van der Waals surface area contributed by atoms with Crippen molar-refractivity contribution < 1.29 is 9.84 Å². The van der Waals surface area contributed by atoms with Gasteiger partial charge in [-0.15, -0.1) is 0 Å². The fraction of sp³-hybridized carbons (Fsp3) is 0.538. The Morgan fingerprint density at radius 3 is 2.62 bits per heavy atom. The second-order valence-corrected chi connectivity index (χ2v) is 4.40. The Labute approximate surface area is 97.2 Å². The number of aliphatic hydroxyl groups is 1. The summed E-state index contributed by atoms with van der Waals surface area (Å²) in [6.07, 6.45) is -0.597. The summed E-state index contributed by atoms with van der Waals surface area (Å²) in [7, 11) is 0. The van der Waals surface area contributed by atoms with Gasteiger partial charge in [0.25, 0.3) is 0 Å². The normalized spacial score (nSPS) is 12.9. The zero-order valence-corrected chi connectivity index (χ0v) is 10.2. The van der Waals surface area contributed by atoms with Crippen molar-refractivity contribution in [2.24, 2.45) is 5.73 Å². The Morgan fingerprint density at radius 1 is 1.38 bits per heavy atom. The molecule has 0 aliphatic heterocycles. The van der Waals surface area contributed by atoms with Crippen molar-refractivity contribution in [3.63, 3.8) is 0 Å². The van der Waals surface area contributed by atoms with Crippen LogP contribution in [0.1, 0.15) is 30.9 Å². The smallest absolute Gasteiger partial charge is 0.123 e. The van der Waals surface area contributed by atoms with Crippen LogP contribution < -0.4 is 10.5 Å². The summed E-state index contributed by atoms with van der Waals surface area (Å²) in [5, 5.41) is 9.37. The molecule has 3 nitrogen and oxygen atoms in total. The molecule has 3 heteroatoms. The van der Waals surface area contributed by atoms with Crippen molar-refractivity contribution in [1.29, 1.82) is 0 Å². The summed E-state index contributed by atoms with van der Waals surface area (Å²) in [6, 6.07) is 6.14. The van der Waals surface area contributed by atoms with E-state index < -0.39 is 6.10 Å². The molecule has 1 aromatic rings. The summed E-state index contributed by atoms with van der Waals surface area (Å²) in [4.78, 5) is 0. The number of hydrogen-bond acceptors (Lipinski definition) is 3. The van der Waals surface area contributed by atoms with Crippen LogP contribution >= 0.6 is 0 Å². The summed E-state index contributed by atoms with van der Waals surface area (Å²) in [5.41, 5.74) is 7.65. The van der Waals surface area contributed by atoms with E-state index in [1.807, 2.05) is 13.0 Å². The molecule has 3 N–H and O–H groups in total. The lowest BCUT2D eigenvalue weighted by Crippen LogP contribution is -2.26. The zero-order valence-electron chi connectivity index (χ0n) is 10.2. The molecule has 1 unspecified atom stereocenters. The van der Waals surface area contributed by atoms with Gasteiger partial charge in [0.2, 0.25) is 0 Å². The number of nitrogens with two attached hydrogens (primary N) is 1. The molecule has 0 fully saturated rings. The molecule has 0 aromatic heterocycles. The lowest BCUT2D eigenvalue weighted by molar-refractivity contribution is 0.113. The van der Waals surface area contributed by atoms with E-state index in [2.05, 4.69) is 26.0 Å². The Balaban J connectivity index is 2.80. The van der Waals surface area contributed by atoms with Crippen LogP contribution in [0.3, 0.4) is 0 Å². The fourth-order valence-corrected chi connectivity index (χ4v) is 1.50. The first-order chi connectivity index (χ1) is 7.54. The van der Waals surface area contributed by atoms with E-state index in [9.17, 15) is 5.11 Å². The minimum Gasteiger partial charge on any atom is -0.491 e. The van der Waals surface area contributed by atoms with E-state index in [4.69, 9.17) is 10.5 Å². The van der Waals surface area contributed by atoms with Crippen LogP contribution in [-0.4, -0.2) is 24.4 Å². The molecule has 90 valence electrons.